The average Bonchev–Trinajstić information content (AvgIpc) is 2.36. The molecule has 0 spiro atoms. The summed E-state index contributed by atoms with van der Waals surface area (Å²) in [7, 11) is 0. The van der Waals surface area contributed by atoms with Crippen molar-refractivity contribution < 1.29 is 13.2 Å². The number of hydrogen-bond donors (Lipinski definition) is 1. The number of likely N-dealkylation sites (N-methyl/N-ethyl adjacent to an activating group) is 1. The van der Waals surface area contributed by atoms with Crippen LogP contribution >= 0.6 is 0 Å². The first-order valence-electron chi connectivity index (χ1n) is 6.94. The summed E-state index contributed by atoms with van der Waals surface area (Å²) in [6.07, 6.45) is -4.27. The fourth-order valence-electron chi connectivity index (χ4n) is 1.96. The minimum atomic E-state index is -4.27. The van der Waals surface area contributed by atoms with E-state index in [-0.39, 0.29) is 0 Å². The Hall–Kier alpha value is -1.07. The van der Waals surface area contributed by atoms with E-state index in [1.165, 1.54) is 12.1 Å². The molecule has 0 aromatic heterocycles. The minimum absolute atomic E-state index is 0.419. The van der Waals surface area contributed by atoms with Crippen LogP contribution in [0.15, 0.2) is 24.3 Å². The number of nitrogens with one attached hydrogen (secondary N) is 1. The molecule has 0 saturated heterocycles. The molecule has 0 amide bonds. The van der Waals surface area contributed by atoms with Crippen LogP contribution in [0.2, 0.25) is 0 Å². The number of hydrogen-bond acceptors (Lipinski definition) is 2. The van der Waals surface area contributed by atoms with Gasteiger partial charge in [-0.25, -0.2) is 0 Å². The summed E-state index contributed by atoms with van der Waals surface area (Å²) in [4.78, 5) is 2.13. The van der Waals surface area contributed by atoms with E-state index in [0.29, 0.717) is 18.2 Å². The van der Waals surface area contributed by atoms with Gasteiger partial charge >= 0.3 is 6.18 Å². The summed E-state index contributed by atoms with van der Waals surface area (Å²) in [6.45, 7) is 9.18. The smallest absolute Gasteiger partial charge is 0.313 e. The van der Waals surface area contributed by atoms with Gasteiger partial charge in [-0.05, 0) is 18.2 Å². The van der Waals surface area contributed by atoms with Crippen molar-refractivity contribution >= 4 is 0 Å². The Kier molecular flexibility index (Phi) is 6.49. The predicted octanol–water partition coefficient (Wildman–Crippen LogP) is 3.53. The van der Waals surface area contributed by atoms with Crippen LogP contribution in [-0.4, -0.2) is 30.6 Å². The van der Waals surface area contributed by atoms with E-state index in [0.717, 1.165) is 25.7 Å². The lowest BCUT2D eigenvalue weighted by Crippen LogP contribution is -2.34. The maximum atomic E-state index is 12.7. The van der Waals surface area contributed by atoms with Crippen LogP contribution in [0, 0.1) is 0 Å². The fraction of sp³-hybridized carbons (Fsp3) is 0.600. The third-order valence-corrected chi connectivity index (χ3v) is 3.09. The van der Waals surface area contributed by atoms with E-state index in [4.69, 9.17) is 0 Å². The molecule has 1 aromatic carbocycles. The molecule has 0 unspecified atom stereocenters. The van der Waals surface area contributed by atoms with Crippen LogP contribution in [-0.2, 0) is 12.7 Å². The minimum Gasteiger partial charge on any atom is -0.313 e. The van der Waals surface area contributed by atoms with Crippen molar-refractivity contribution in [3.8, 4) is 0 Å². The molecule has 0 fully saturated rings. The lowest BCUT2D eigenvalue weighted by Gasteiger charge is -2.22. The van der Waals surface area contributed by atoms with E-state index in [9.17, 15) is 13.2 Å². The molecule has 0 atom stereocenters. The second kappa shape index (κ2) is 7.64. The molecule has 2 nitrogen and oxygen atoms in total. The van der Waals surface area contributed by atoms with Gasteiger partial charge < -0.3 is 5.32 Å². The highest BCUT2D eigenvalue weighted by molar-refractivity contribution is 5.25. The van der Waals surface area contributed by atoms with Gasteiger partial charge in [0.2, 0.25) is 0 Å². The molecular weight excluding hydrogens is 265 g/mol. The van der Waals surface area contributed by atoms with Gasteiger partial charge in [0.25, 0.3) is 0 Å². The maximum absolute atomic E-state index is 12.7. The maximum Gasteiger partial charge on any atom is 0.416 e. The number of nitrogens with zero attached hydrogens (tertiary/aromatic N) is 1. The van der Waals surface area contributed by atoms with Crippen molar-refractivity contribution in [3.05, 3.63) is 35.4 Å². The number of benzene rings is 1. The fourth-order valence-corrected chi connectivity index (χ4v) is 1.96. The Labute approximate surface area is 119 Å². The first kappa shape index (κ1) is 17.0. The molecule has 0 heterocycles. The zero-order valence-corrected chi connectivity index (χ0v) is 12.3. The zero-order chi connectivity index (χ0) is 15.2. The number of rotatable bonds is 7. The van der Waals surface area contributed by atoms with Crippen molar-refractivity contribution in [2.24, 2.45) is 0 Å². The summed E-state index contributed by atoms with van der Waals surface area (Å²) in [5, 5.41) is 3.31. The molecule has 0 aliphatic rings. The van der Waals surface area contributed by atoms with Crippen molar-refractivity contribution in [2.75, 3.05) is 19.6 Å². The summed E-state index contributed by atoms with van der Waals surface area (Å²) >= 11 is 0. The number of alkyl halides is 3. The van der Waals surface area contributed by atoms with Gasteiger partial charge in [-0.2, -0.15) is 13.2 Å². The molecule has 1 N–H and O–H groups in total. The molecular formula is C15H23F3N2. The van der Waals surface area contributed by atoms with Crippen LogP contribution in [0.5, 0.6) is 0 Å². The summed E-state index contributed by atoms with van der Waals surface area (Å²) in [5.41, 5.74) is 0.123. The van der Waals surface area contributed by atoms with Gasteiger partial charge in [-0.1, -0.05) is 39.0 Å². The molecule has 5 heteroatoms. The van der Waals surface area contributed by atoms with Crippen LogP contribution in [0.4, 0.5) is 13.2 Å². The van der Waals surface area contributed by atoms with E-state index in [1.807, 2.05) is 6.92 Å². The van der Waals surface area contributed by atoms with Crippen LogP contribution in [0.1, 0.15) is 31.9 Å². The quantitative estimate of drug-likeness (QED) is 0.826. The standard InChI is InChI=1S/C15H23F3N2/c1-4-20(9-8-19-12(2)3)11-13-6-5-7-14(10-13)15(16,17)18/h5-7,10,12,19H,4,8-9,11H2,1-3H3. The average molecular weight is 288 g/mol. The normalized spacial score (nSPS) is 12.4. The molecule has 1 rings (SSSR count). The lowest BCUT2D eigenvalue weighted by molar-refractivity contribution is -0.137. The molecule has 0 aliphatic carbocycles. The van der Waals surface area contributed by atoms with Crippen LogP contribution in [0.3, 0.4) is 0 Å². The lowest BCUT2D eigenvalue weighted by atomic mass is 10.1. The summed E-state index contributed by atoms with van der Waals surface area (Å²) < 4.78 is 38.0. The summed E-state index contributed by atoms with van der Waals surface area (Å²) in [6, 6.07) is 5.98. The second-order valence-corrected chi connectivity index (χ2v) is 5.18. The largest absolute Gasteiger partial charge is 0.416 e. The van der Waals surface area contributed by atoms with Crippen molar-refractivity contribution in [2.45, 2.75) is 39.5 Å². The highest BCUT2D eigenvalue weighted by atomic mass is 19.4. The topological polar surface area (TPSA) is 15.3 Å². The van der Waals surface area contributed by atoms with Crippen LogP contribution in [0.25, 0.3) is 0 Å². The van der Waals surface area contributed by atoms with E-state index < -0.39 is 11.7 Å². The third-order valence-electron chi connectivity index (χ3n) is 3.09. The Balaban J connectivity index is 2.61. The monoisotopic (exact) mass is 288 g/mol. The second-order valence-electron chi connectivity index (χ2n) is 5.18. The highest BCUT2D eigenvalue weighted by Crippen LogP contribution is 2.29. The molecule has 20 heavy (non-hydrogen) atoms. The predicted molar refractivity (Wildman–Crippen MR) is 75.5 cm³/mol. The van der Waals surface area contributed by atoms with Crippen LogP contribution < -0.4 is 5.32 Å². The van der Waals surface area contributed by atoms with Gasteiger partial charge in [-0.3, -0.25) is 4.90 Å². The Morgan fingerprint density at radius 1 is 1.25 bits per heavy atom. The summed E-state index contributed by atoms with van der Waals surface area (Å²) in [5.74, 6) is 0. The molecule has 0 bridgehead atoms. The first-order chi connectivity index (χ1) is 9.32. The first-order valence-corrected chi connectivity index (χ1v) is 6.94. The molecule has 0 saturated carbocycles. The van der Waals surface area contributed by atoms with Gasteiger partial charge in [-0.15, -0.1) is 0 Å². The third kappa shape index (κ3) is 5.92. The molecule has 114 valence electrons. The number of halogens is 3. The van der Waals surface area contributed by atoms with E-state index in [1.54, 1.807) is 6.07 Å². The molecule has 1 aromatic rings. The van der Waals surface area contributed by atoms with E-state index >= 15 is 0 Å². The van der Waals surface area contributed by atoms with Crippen molar-refractivity contribution in [1.29, 1.82) is 0 Å². The Morgan fingerprint density at radius 2 is 1.95 bits per heavy atom. The molecule has 0 aliphatic heterocycles. The molecule has 0 radical (unpaired) electrons. The van der Waals surface area contributed by atoms with Gasteiger partial charge in [0, 0.05) is 25.7 Å². The van der Waals surface area contributed by atoms with Crippen molar-refractivity contribution in [1.82, 2.24) is 10.2 Å². The van der Waals surface area contributed by atoms with E-state index in [2.05, 4.69) is 24.1 Å². The van der Waals surface area contributed by atoms with Gasteiger partial charge in [0.1, 0.15) is 0 Å². The van der Waals surface area contributed by atoms with Gasteiger partial charge in [0.15, 0.2) is 0 Å². The SMILES string of the molecule is CCN(CCNC(C)C)Cc1cccc(C(F)(F)F)c1. The Morgan fingerprint density at radius 3 is 2.50 bits per heavy atom. The van der Waals surface area contributed by atoms with Gasteiger partial charge in [0.05, 0.1) is 5.56 Å². The highest BCUT2D eigenvalue weighted by Gasteiger charge is 2.30. The zero-order valence-electron chi connectivity index (χ0n) is 12.3. The Bertz CT molecular complexity index is 402. The van der Waals surface area contributed by atoms with Crippen molar-refractivity contribution in [3.63, 3.8) is 0 Å².